The van der Waals surface area contributed by atoms with E-state index < -0.39 is 103 Å². The smallest absolute Gasteiger partial charge is 0.338 e. The maximum Gasteiger partial charge on any atom is 0.338 e. The van der Waals surface area contributed by atoms with Gasteiger partial charge in [-0.3, -0.25) is 0 Å². The number of carbonyl (C=O) groups excluding carboxylic acids is 5. The molecule has 0 spiro atoms. The Kier molecular flexibility index (Phi) is 12.5. The molecule has 0 bridgehead atoms. The maximum absolute atomic E-state index is 13.7. The van der Waals surface area contributed by atoms with Crippen LogP contribution in [0.2, 0.25) is 0 Å². The van der Waals surface area contributed by atoms with Crippen molar-refractivity contribution in [1.29, 1.82) is 0 Å². The van der Waals surface area contributed by atoms with Crippen LogP contribution in [-0.2, 0) is 42.6 Å². The van der Waals surface area contributed by atoms with Gasteiger partial charge in [-0.25, -0.2) is 24.0 Å². The van der Waals surface area contributed by atoms with Gasteiger partial charge in [-0.05, 0) is 66.7 Å². The molecule has 2 saturated heterocycles. The van der Waals surface area contributed by atoms with Gasteiger partial charge in [0.2, 0.25) is 6.29 Å². The van der Waals surface area contributed by atoms with Gasteiger partial charge in [0, 0.05) is 5.92 Å². The molecular weight excluding hydrogens is 841 g/mol. The normalized spacial score (nSPS) is 28.3. The van der Waals surface area contributed by atoms with Gasteiger partial charge in [-0.1, -0.05) is 91.0 Å². The van der Waals surface area contributed by atoms with Crippen molar-refractivity contribution in [2.75, 3.05) is 13.2 Å². The van der Waals surface area contributed by atoms with Crippen molar-refractivity contribution >= 4 is 29.8 Å². The second-order valence-corrected chi connectivity index (χ2v) is 15.7. The van der Waals surface area contributed by atoms with E-state index in [1.54, 1.807) is 133 Å². The van der Waals surface area contributed by atoms with Crippen LogP contribution >= 0.6 is 0 Å². The zero-order chi connectivity index (χ0) is 44.9. The van der Waals surface area contributed by atoms with Gasteiger partial charge < -0.3 is 47.7 Å². The lowest BCUT2D eigenvalue weighted by Gasteiger charge is -2.45. The van der Waals surface area contributed by atoms with Crippen LogP contribution in [0.5, 0.6) is 0 Å². The predicted octanol–water partition coefficient (Wildman–Crippen LogP) is 5.73. The van der Waals surface area contributed by atoms with Gasteiger partial charge in [-0.15, -0.1) is 0 Å². The lowest BCUT2D eigenvalue weighted by atomic mass is 9.85. The Morgan fingerprint density at radius 2 is 0.954 bits per heavy atom. The molecule has 1 aliphatic carbocycles. The summed E-state index contributed by atoms with van der Waals surface area (Å²) in [6, 6.07) is 40.9. The number of epoxide rings is 1. The Morgan fingerprint density at radius 1 is 0.523 bits per heavy atom. The lowest BCUT2D eigenvalue weighted by molar-refractivity contribution is -0.343. The third kappa shape index (κ3) is 9.13. The van der Waals surface area contributed by atoms with Crippen LogP contribution in [0, 0.1) is 11.8 Å². The number of carbonyl (C=O) groups is 5. The summed E-state index contributed by atoms with van der Waals surface area (Å²) in [5, 5.41) is 12.2. The molecule has 1 saturated carbocycles. The molecule has 0 unspecified atom stereocenters. The van der Waals surface area contributed by atoms with E-state index in [0.717, 1.165) is 0 Å². The number of hydrogen-bond acceptors (Lipinski definition) is 15. The second-order valence-electron chi connectivity index (χ2n) is 15.7. The van der Waals surface area contributed by atoms with Crippen LogP contribution in [0.3, 0.4) is 0 Å². The zero-order valence-corrected chi connectivity index (χ0v) is 34.4. The molecule has 65 heavy (non-hydrogen) atoms. The monoisotopic (exact) mass is 882 g/mol. The highest BCUT2D eigenvalue weighted by molar-refractivity contribution is 5.91. The highest BCUT2D eigenvalue weighted by atomic mass is 16.8. The summed E-state index contributed by atoms with van der Waals surface area (Å²) in [4.78, 5) is 67.4. The summed E-state index contributed by atoms with van der Waals surface area (Å²) in [5.74, 6) is -5.20. The Labute approximate surface area is 372 Å². The van der Waals surface area contributed by atoms with Crippen molar-refractivity contribution in [2.45, 2.75) is 54.8 Å². The summed E-state index contributed by atoms with van der Waals surface area (Å²) in [6.07, 6.45) is -8.26. The second kappa shape index (κ2) is 18.9. The van der Waals surface area contributed by atoms with Crippen molar-refractivity contribution in [3.63, 3.8) is 0 Å². The first-order valence-electron chi connectivity index (χ1n) is 20.9. The van der Waals surface area contributed by atoms with Crippen molar-refractivity contribution in [3.8, 4) is 0 Å². The van der Waals surface area contributed by atoms with Crippen LogP contribution in [0.1, 0.15) is 51.8 Å². The predicted molar refractivity (Wildman–Crippen MR) is 225 cm³/mol. The zero-order valence-electron chi connectivity index (χ0n) is 34.4. The highest BCUT2D eigenvalue weighted by Crippen LogP contribution is 2.61. The fourth-order valence-corrected chi connectivity index (χ4v) is 8.45. The molecule has 3 heterocycles. The van der Waals surface area contributed by atoms with E-state index in [1.165, 1.54) is 30.5 Å². The van der Waals surface area contributed by atoms with Crippen LogP contribution in [0.25, 0.3) is 0 Å². The van der Waals surface area contributed by atoms with Gasteiger partial charge in [0.25, 0.3) is 0 Å². The van der Waals surface area contributed by atoms with E-state index in [9.17, 15) is 29.1 Å². The fraction of sp³-hybridized carbons (Fsp3) is 0.260. The first kappa shape index (κ1) is 43.1. The summed E-state index contributed by atoms with van der Waals surface area (Å²) in [5.41, 5.74) is -0.232. The van der Waals surface area contributed by atoms with Crippen molar-refractivity contribution in [2.24, 2.45) is 11.8 Å². The number of benzene rings is 5. The molecule has 9 rings (SSSR count). The van der Waals surface area contributed by atoms with E-state index in [4.69, 9.17) is 42.6 Å². The van der Waals surface area contributed by atoms with E-state index in [1.807, 2.05) is 0 Å². The molecule has 3 fully saturated rings. The minimum atomic E-state index is -1.87. The average Bonchev–Trinajstić information content (AvgIpc) is 4.02. The van der Waals surface area contributed by atoms with Crippen molar-refractivity contribution < 1.29 is 71.7 Å². The molecule has 4 aliphatic rings. The molecule has 5 aromatic carbocycles. The van der Waals surface area contributed by atoms with Crippen LogP contribution in [-0.4, -0.2) is 103 Å². The number of esters is 5. The molecule has 1 N–H and O–H groups in total. The molecule has 0 radical (unpaired) electrons. The minimum absolute atomic E-state index is 0.124. The third-order valence-electron chi connectivity index (χ3n) is 11.7. The summed E-state index contributed by atoms with van der Waals surface area (Å²) in [7, 11) is 0. The minimum Gasteiger partial charge on any atom is -0.472 e. The van der Waals surface area contributed by atoms with Gasteiger partial charge >= 0.3 is 29.8 Å². The number of ether oxygens (including phenoxy) is 9. The molecular formula is C50H42O15. The SMILES string of the molecule is O=C(OC[C@H]1O[C@@H](O[C@@H]2OC=C[C@H]3[C@@H](OC(=O)c4ccccc4)[C@@H]4O[C@]4(COC(=O)c4ccccc4)[C@@H]23)[C@H](O)[C@@H](OC(=O)c2ccccc2)[C@@H]1OC(=O)c1ccccc1)c1ccccc1. The molecule has 0 aromatic heterocycles. The molecule has 332 valence electrons. The first-order chi connectivity index (χ1) is 31.7. The summed E-state index contributed by atoms with van der Waals surface area (Å²) in [6.45, 7) is -0.865. The summed E-state index contributed by atoms with van der Waals surface area (Å²) >= 11 is 0. The van der Waals surface area contributed by atoms with E-state index in [-0.39, 0.29) is 23.3 Å². The number of fused-ring (bicyclic) bond motifs is 3. The number of aliphatic hydroxyl groups excluding tert-OH is 1. The number of rotatable bonds is 14. The third-order valence-corrected chi connectivity index (χ3v) is 11.7. The molecule has 15 nitrogen and oxygen atoms in total. The van der Waals surface area contributed by atoms with Gasteiger partial charge in [-0.2, -0.15) is 0 Å². The Hall–Kier alpha value is -7.17. The average molecular weight is 883 g/mol. The molecule has 5 aromatic rings. The number of hydrogen-bond donors (Lipinski definition) is 1. The van der Waals surface area contributed by atoms with Gasteiger partial charge in [0.05, 0.1) is 40.0 Å². The van der Waals surface area contributed by atoms with Crippen LogP contribution in [0.15, 0.2) is 164 Å². The van der Waals surface area contributed by atoms with Gasteiger partial charge in [0.15, 0.2) is 18.5 Å². The lowest BCUT2D eigenvalue weighted by Crippen LogP contribution is -2.63. The number of aliphatic hydroxyl groups is 1. The van der Waals surface area contributed by atoms with Crippen molar-refractivity contribution in [3.05, 3.63) is 192 Å². The summed E-state index contributed by atoms with van der Waals surface area (Å²) < 4.78 is 54.8. The molecule has 15 heteroatoms. The fourth-order valence-electron chi connectivity index (χ4n) is 8.45. The van der Waals surface area contributed by atoms with E-state index in [0.29, 0.717) is 11.1 Å². The standard InChI is InChI=1S/C50H42O15/c51-38-41(63-47(56)34-24-14-5-15-25-34)40(62-46(55)33-22-12-4-13-23-33)36(28-58-43(52)30-16-6-1-7-17-30)60-49(38)64-48-37-35(26-27-57-48)39(61-45(54)32-20-10-3-11-21-32)42-50(37,65-42)29-59-44(53)31-18-8-2-9-19-31/h1-27,35-42,48-49,51H,28-29H2/t35-,36-,37-,38-,39-,40-,41-,42+,48+,49+,50-/m1/s1. The quantitative estimate of drug-likeness (QED) is 0.0807. The largest absolute Gasteiger partial charge is 0.472 e. The maximum atomic E-state index is 13.7. The van der Waals surface area contributed by atoms with Crippen LogP contribution < -0.4 is 0 Å². The van der Waals surface area contributed by atoms with E-state index in [2.05, 4.69) is 0 Å². The molecule has 3 aliphatic heterocycles. The van der Waals surface area contributed by atoms with Crippen molar-refractivity contribution in [1.82, 2.24) is 0 Å². The molecule has 11 atom stereocenters. The Bertz CT molecular complexity index is 2500. The Balaban J connectivity index is 1.03. The topological polar surface area (TPSA) is 192 Å². The van der Waals surface area contributed by atoms with Gasteiger partial charge in [0.1, 0.15) is 43.2 Å². The highest BCUT2D eigenvalue weighted by Gasteiger charge is 2.78. The Morgan fingerprint density at radius 3 is 1.45 bits per heavy atom. The van der Waals surface area contributed by atoms with Crippen LogP contribution in [0.4, 0.5) is 0 Å². The van der Waals surface area contributed by atoms with E-state index >= 15 is 0 Å². The first-order valence-corrected chi connectivity index (χ1v) is 20.9. The molecule has 0 amide bonds.